The molecule has 0 unspecified atom stereocenters. The Morgan fingerprint density at radius 2 is 1.81 bits per heavy atom. The summed E-state index contributed by atoms with van der Waals surface area (Å²) in [5, 5.41) is 3.20. The van der Waals surface area contributed by atoms with Gasteiger partial charge < -0.3 is 19.7 Å². The molecule has 1 aliphatic heterocycles. The van der Waals surface area contributed by atoms with Crippen LogP contribution in [-0.2, 0) is 13.0 Å². The van der Waals surface area contributed by atoms with Gasteiger partial charge in [0.05, 0.1) is 14.2 Å². The van der Waals surface area contributed by atoms with Gasteiger partial charge in [-0.1, -0.05) is 0 Å². The van der Waals surface area contributed by atoms with Crippen molar-refractivity contribution in [3.8, 4) is 11.5 Å². The van der Waals surface area contributed by atoms with Crippen molar-refractivity contribution in [3.63, 3.8) is 0 Å². The molecular weight excluding hydrogens is 344 g/mol. The van der Waals surface area contributed by atoms with Crippen LogP contribution in [0.1, 0.15) is 42.4 Å². The Morgan fingerprint density at radius 3 is 2.44 bits per heavy atom. The summed E-state index contributed by atoms with van der Waals surface area (Å²) in [7, 11) is 3.24. The van der Waals surface area contributed by atoms with Crippen molar-refractivity contribution in [2.45, 2.75) is 39.3 Å². The van der Waals surface area contributed by atoms with Gasteiger partial charge >= 0.3 is 0 Å². The highest BCUT2D eigenvalue weighted by Crippen LogP contribution is 2.33. The number of benzene rings is 1. The van der Waals surface area contributed by atoms with Gasteiger partial charge in [0.2, 0.25) is 5.95 Å². The lowest BCUT2D eigenvalue weighted by atomic mass is 9.98. The molecular formula is C20H26N4O3. The minimum atomic E-state index is -0.179. The van der Waals surface area contributed by atoms with Crippen LogP contribution in [0.5, 0.6) is 11.5 Å². The zero-order valence-corrected chi connectivity index (χ0v) is 16.5. The molecule has 2 heterocycles. The zero-order valence-electron chi connectivity index (χ0n) is 16.5. The largest absolute Gasteiger partial charge is 0.493 e. The molecule has 27 heavy (non-hydrogen) atoms. The van der Waals surface area contributed by atoms with E-state index in [-0.39, 0.29) is 11.4 Å². The van der Waals surface area contributed by atoms with Crippen molar-refractivity contribution < 1.29 is 14.3 Å². The van der Waals surface area contributed by atoms with Crippen molar-refractivity contribution in [1.82, 2.24) is 14.9 Å². The molecule has 7 heteroatoms. The minimum Gasteiger partial charge on any atom is -0.493 e. The summed E-state index contributed by atoms with van der Waals surface area (Å²) in [6.07, 6.45) is 2.37. The van der Waals surface area contributed by atoms with Gasteiger partial charge in [-0.15, -0.1) is 0 Å². The number of carbonyl (C=O) groups is 1. The maximum Gasteiger partial charge on any atom is 0.272 e. The number of aromatic nitrogens is 2. The average molecular weight is 370 g/mol. The van der Waals surface area contributed by atoms with Crippen LogP contribution in [0.2, 0.25) is 0 Å². The van der Waals surface area contributed by atoms with E-state index in [1.807, 2.05) is 32.9 Å². The molecule has 1 N–H and O–H groups in total. The fraction of sp³-hybridized carbons (Fsp3) is 0.450. The summed E-state index contributed by atoms with van der Waals surface area (Å²) in [6.45, 7) is 7.21. The lowest BCUT2D eigenvalue weighted by Gasteiger charge is -2.29. The van der Waals surface area contributed by atoms with Gasteiger partial charge in [0.25, 0.3) is 5.91 Å². The molecule has 0 saturated heterocycles. The third kappa shape index (κ3) is 4.30. The van der Waals surface area contributed by atoms with Crippen LogP contribution >= 0.6 is 0 Å². The Hall–Kier alpha value is -2.83. The van der Waals surface area contributed by atoms with E-state index < -0.39 is 0 Å². The van der Waals surface area contributed by atoms with E-state index >= 15 is 0 Å². The number of ether oxygens (including phenoxy) is 2. The quantitative estimate of drug-likeness (QED) is 0.892. The van der Waals surface area contributed by atoms with Crippen LogP contribution in [0, 0.1) is 0 Å². The fourth-order valence-corrected chi connectivity index (χ4v) is 3.09. The number of methoxy groups -OCH3 is 2. The van der Waals surface area contributed by atoms with Crippen molar-refractivity contribution in [1.29, 1.82) is 0 Å². The lowest BCUT2D eigenvalue weighted by Crippen LogP contribution is -2.36. The number of hydrogen-bond acceptors (Lipinski definition) is 6. The fourth-order valence-electron chi connectivity index (χ4n) is 3.09. The molecule has 144 valence electrons. The van der Waals surface area contributed by atoms with E-state index in [0.717, 1.165) is 12.0 Å². The molecule has 2 aromatic rings. The highest BCUT2D eigenvalue weighted by atomic mass is 16.5. The number of fused-ring (bicyclic) bond motifs is 1. The summed E-state index contributed by atoms with van der Waals surface area (Å²) >= 11 is 0. The maximum absolute atomic E-state index is 13.0. The molecule has 0 saturated carbocycles. The zero-order chi connectivity index (χ0) is 19.6. The van der Waals surface area contributed by atoms with Gasteiger partial charge in [-0.05, 0) is 56.5 Å². The van der Waals surface area contributed by atoms with Crippen LogP contribution in [0.25, 0.3) is 0 Å². The van der Waals surface area contributed by atoms with E-state index in [2.05, 4.69) is 15.3 Å². The Balaban J connectivity index is 1.81. The Labute approximate surface area is 159 Å². The van der Waals surface area contributed by atoms with E-state index in [9.17, 15) is 4.79 Å². The molecule has 1 aliphatic rings. The maximum atomic E-state index is 13.0. The number of amides is 1. The van der Waals surface area contributed by atoms with Gasteiger partial charge in [0.15, 0.2) is 11.5 Å². The third-order valence-corrected chi connectivity index (χ3v) is 4.37. The molecule has 0 spiro atoms. The summed E-state index contributed by atoms with van der Waals surface area (Å²) in [5.74, 6) is 1.74. The third-order valence-electron chi connectivity index (χ3n) is 4.37. The van der Waals surface area contributed by atoms with E-state index in [0.29, 0.717) is 36.2 Å². The highest BCUT2D eigenvalue weighted by Gasteiger charge is 2.25. The van der Waals surface area contributed by atoms with Gasteiger partial charge in [-0.3, -0.25) is 4.79 Å². The first-order chi connectivity index (χ1) is 12.8. The second kappa shape index (κ2) is 7.42. The predicted octanol–water partition coefficient (Wildman–Crippen LogP) is 2.90. The molecule has 7 nitrogen and oxygen atoms in total. The van der Waals surface area contributed by atoms with Crippen LogP contribution in [-0.4, -0.2) is 47.1 Å². The second-order valence-corrected chi connectivity index (χ2v) is 7.59. The molecule has 1 aromatic heterocycles. The first kappa shape index (κ1) is 18.9. The molecule has 0 aliphatic carbocycles. The van der Waals surface area contributed by atoms with E-state index in [1.54, 1.807) is 31.4 Å². The minimum absolute atomic E-state index is 0.102. The van der Waals surface area contributed by atoms with Crippen LogP contribution < -0.4 is 14.8 Å². The SMILES string of the molecule is COc1cc2c(cc1OC)CN(C(=O)c1ccnc(NC(C)(C)C)n1)CC2. The molecule has 0 fully saturated rings. The molecule has 3 rings (SSSR count). The summed E-state index contributed by atoms with van der Waals surface area (Å²) < 4.78 is 10.8. The van der Waals surface area contributed by atoms with Gasteiger partial charge in [-0.25, -0.2) is 9.97 Å². The van der Waals surface area contributed by atoms with Crippen molar-refractivity contribution in [2.24, 2.45) is 0 Å². The highest BCUT2D eigenvalue weighted by molar-refractivity contribution is 5.92. The van der Waals surface area contributed by atoms with E-state index in [4.69, 9.17) is 9.47 Å². The number of rotatable bonds is 4. The van der Waals surface area contributed by atoms with Crippen LogP contribution in [0.4, 0.5) is 5.95 Å². The van der Waals surface area contributed by atoms with Crippen LogP contribution in [0.3, 0.4) is 0 Å². The predicted molar refractivity (Wildman–Crippen MR) is 103 cm³/mol. The van der Waals surface area contributed by atoms with Gasteiger partial charge in [0.1, 0.15) is 5.69 Å². The Morgan fingerprint density at radius 1 is 1.15 bits per heavy atom. The molecule has 1 amide bonds. The molecule has 1 aromatic carbocycles. The number of nitrogens with zero attached hydrogens (tertiary/aromatic N) is 3. The topological polar surface area (TPSA) is 76.6 Å². The smallest absolute Gasteiger partial charge is 0.272 e. The van der Waals surface area contributed by atoms with Gasteiger partial charge in [0, 0.05) is 24.8 Å². The summed E-state index contributed by atoms with van der Waals surface area (Å²) in [6, 6.07) is 5.59. The number of nitrogens with one attached hydrogen (secondary N) is 1. The van der Waals surface area contributed by atoms with Crippen molar-refractivity contribution >= 4 is 11.9 Å². The monoisotopic (exact) mass is 370 g/mol. The average Bonchev–Trinajstić information content (AvgIpc) is 2.64. The molecule has 0 bridgehead atoms. The molecule has 0 radical (unpaired) electrons. The molecule has 0 atom stereocenters. The standard InChI is InChI=1S/C20H26N4O3/c1-20(2,3)23-19-21-8-6-15(22-19)18(25)24-9-7-13-10-16(26-4)17(27-5)11-14(13)12-24/h6,8,10-11H,7,9,12H2,1-5H3,(H,21,22,23). The first-order valence-corrected chi connectivity index (χ1v) is 8.95. The van der Waals surface area contributed by atoms with Crippen LogP contribution in [0.15, 0.2) is 24.4 Å². The van der Waals surface area contributed by atoms with Crippen molar-refractivity contribution in [3.05, 3.63) is 41.2 Å². The Bertz CT molecular complexity index is 846. The second-order valence-electron chi connectivity index (χ2n) is 7.59. The number of carbonyl (C=O) groups excluding carboxylic acids is 1. The number of hydrogen-bond donors (Lipinski definition) is 1. The lowest BCUT2D eigenvalue weighted by molar-refractivity contribution is 0.0728. The summed E-state index contributed by atoms with van der Waals surface area (Å²) in [5.41, 5.74) is 2.45. The summed E-state index contributed by atoms with van der Waals surface area (Å²) in [4.78, 5) is 23.4. The number of anilines is 1. The Kier molecular flexibility index (Phi) is 5.21. The van der Waals surface area contributed by atoms with E-state index in [1.165, 1.54) is 5.56 Å². The van der Waals surface area contributed by atoms with Crippen molar-refractivity contribution in [2.75, 3.05) is 26.1 Å². The first-order valence-electron chi connectivity index (χ1n) is 8.95. The normalized spacial score (nSPS) is 13.7. The van der Waals surface area contributed by atoms with Gasteiger partial charge in [-0.2, -0.15) is 0 Å².